The lowest BCUT2D eigenvalue weighted by Gasteiger charge is -2.28. The molecule has 0 radical (unpaired) electrons. The number of nitrogens with one attached hydrogen (secondary N) is 2. The number of hydrogen-bond donors (Lipinski definition) is 2. The van der Waals surface area contributed by atoms with Crippen LogP contribution < -0.4 is 10.1 Å². The number of aromatic amines is 1. The number of hydrogen-bond acceptors (Lipinski definition) is 3. The van der Waals surface area contributed by atoms with Crippen LogP contribution in [0.1, 0.15) is 31.4 Å². The Labute approximate surface area is 183 Å². The summed E-state index contributed by atoms with van der Waals surface area (Å²) in [6.45, 7) is 4.59. The first kappa shape index (κ1) is 19.8. The zero-order chi connectivity index (χ0) is 21.2. The summed E-state index contributed by atoms with van der Waals surface area (Å²) in [5, 5.41) is 4.85. The summed E-state index contributed by atoms with van der Waals surface area (Å²) in [7, 11) is 1.69. The van der Waals surface area contributed by atoms with Crippen molar-refractivity contribution in [3.8, 4) is 28.0 Å². The second-order valence-corrected chi connectivity index (χ2v) is 8.55. The molecular weight excluding hydrogens is 382 g/mol. The number of pyridine rings is 1. The lowest BCUT2D eigenvalue weighted by Crippen LogP contribution is -2.32. The van der Waals surface area contributed by atoms with E-state index in [2.05, 4.69) is 64.7 Å². The van der Waals surface area contributed by atoms with Crippen molar-refractivity contribution in [1.82, 2.24) is 15.3 Å². The maximum atomic E-state index is 5.31. The Kier molecular flexibility index (Phi) is 5.47. The van der Waals surface area contributed by atoms with E-state index in [-0.39, 0.29) is 0 Å². The number of piperidine rings is 1. The molecule has 1 saturated heterocycles. The van der Waals surface area contributed by atoms with Crippen molar-refractivity contribution < 1.29 is 4.74 Å². The summed E-state index contributed by atoms with van der Waals surface area (Å²) in [5.41, 5.74) is 7.22. The third-order valence-electron chi connectivity index (χ3n) is 6.68. The Morgan fingerprint density at radius 1 is 1.00 bits per heavy atom. The number of aromatic nitrogens is 2. The van der Waals surface area contributed by atoms with Gasteiger partial charge in [-0.25, -0.2) is 0 Å². The summed E-state index contributed by atoms with van der Waals surface area (Å²) >= 11 is 0. The van der Waals surface area contributed by atoms with Crippen LogP contribution in [0.2, 0.25) is 0 Å². The predicted molar refractivity (Wildman–Crippen MR) is 128 cm³/mol. The minimum Gasteiger partial charge on any atom is -0.497 e. The van der Waals surface area contributed by atoms with Gasteiger partial charge in [0.05, 0.1) is 7.11 Å². The van der Waals surface area contributed by atoms with Gasteiger partial charge >= 0.3 is 0 Å². The molecule has 5 rings (SSSR count). The molecule has 2 unspecified atom stereocenters. The minimum atomic E-state index is 0.444. The number of para-hydroxylation sites is 1. The lowest BCUT2D eigenvalue weighted by molar-refractivity contribution is 0.332. The minimum absolute atomic E-state index is 0.444. The number of nitrogens with zero attached hydrogens (tertiary/aromatic N) is 1. The van der Waals surface area contributed by atoms with Crippen LogP contribution in [0.25, 0.3) is 33.2 Å². The van der Waals surface area contributed by atoms with E-state index in [0.717, 1.165) is 35.5 Å². The first-order valence-electron chi connectivity index (χ1n) is 11.2. The highest BCUT2D eigenvalue weighted by molar-refractivity contribution is 5.98. The van der Waals surface area contributed by atoms with Gasteiger partial charge in [0.25, 0.3) is 0 Å². The molecule has 2 atom stereocenters. The fourth-order valence-electron chi connectivity index (χ4n) is 4.87. The molecule has 2 aromatic carbocycles. The molecule has 1 aliphatic heterocycles. The Balaban J connectivity index is 1.60. The highest BCUT2D eigenvalue weighted by Gasteiger charge is 2.26. The van der Waals surface area contributed by atoms with Crippen molar-refractivity contribution in [1.29, 1.82) is 0 Å². The molecule has 158 valence electrons. The fraction of sp³-hybridized carbons (Fsp3) is 0.296. The van der Waals surface area contributed by atoms with Gasteiger partial charge in [-0.05, 0) is 61.7 Å². The van der Waals surface area contributed by atoms with Crippen molar-refractivity contribution in [2.24, 2.45) is 5.92 Å². The average Bonchev–Trinajstić information content (AvgIpc) is 3.24. The number of benzene rings is 2. The van der Waals surface area contributed by atoms with E-state index in [4.69, 9.17) is 4.74 Å². The van der Waals surface area contributed by atoms with E-state index in [0.29, 0.717) is 11.8 Å². The van der Waals surface area contributed by atoms with Crippen molar-refractivity contribution in [3.63, 3.8) is 0 Å². The molecule has 31 heavy (non-hydrogen) atoms. The Morgan fingerprint density at radius 2 is 1.81 bits per heavy atom. The van der Waals surface area contributed by atoms with Crippen LogP contribution in [0.4, 0.5) is 0 Å². The Bertz CT molecular complexity index is 1170. The third kappa shape index (κ3) is 3.84. The van der Waals surface area contributed by atoms with E-state index in [1.807, 2.05) is 24.5 Å². The molecular formula is C27H29N3O. The molecule has 4 heteroatoms. The van der Waals surface area contributed by atoms with Crippen molar-refractivity contribution in [3.05, 3.63) is 72.7 Å². The van der Waals surface area contributed by atoms with Crippen LogP contribution in [-0.2, 0) is 0 Å². The standard InChI is InChI=1S/C27H29N3O/c1-18(20-6-5-13-28-15-20)27-26(24-7-3-4-8-25(24)30-27)22-14-21(16-29-17-22)19-9-11-23(31-2)12-10-19/h3-4,7-12,14,16-18,20,28,30H,5-6,13,15H2,1-2H3. The predicted octanol–water partition coefficient (Wildman–Crippen LogP) is 6.01. The second-order valence-electron chi connectivity index (χ2n) is 8.55. The molecule has 1 aliphatic rings. The van der Waals surface area contributed by atoms with Gasteiger partial charge in [0.2, 0.25) is 0 Å². The summed E-state index contributed by atoms with van der Waals surface area (Å²) in [6.07, 6.45) is 6.46. The fourth-order valence-corrected chi connectivity index (χ4v) is 4.87. The number of ether oxygens (including phenoxy) is 1. The molecule has 0 spiro atoms. The van der Waals surface area contributed by atoms with Crippen LogP contribution in [0.5, 0.6) is 5.75 Å². The number of rotatable bonds is 5. The van der Waals surface area contributed by atoms with E-state index in [1.54, 1.807) is 7.11 Å². The van der Waals surface area contributed by atoms with Gasteiger partial charge in [-0.1, -0.05) is 37.3 Å². The van der Waals surface area contributed by atoms with E-state index < -0.39 is 0 Å². The van der Waals surface area contributed by atoms with E-state index in [9.17, 15) is 0 Å². The number of fused-ring (bicyclic) bond motifs is 1. The maximum Gasteiger partial charge on any atom is 0.118 e. The van der Waals surface area contributed by atoms with Gasteiger partial charge in [0.15, 0.2) is 0 Å². The summed E-state index contributed by atoms with van der Waals surface area (Å²) in [5.74, 6) is 1.94. The molecule has 0 saturated carbocycles. The highest BCUT2D eigenvalue weighted by Crippen LogP contribution is 2.40. The largest absolute Gasteiger partial charge is 0.497 e. The van der Waals surface area contributed by atoms with Crippen LogP contribution in [-0.4, -0.2) is 30.2 Å². The first-order chi connectivity index (χ1) is 15.2. The molecule has 0 bridgehead atoms. The van der Waals surface area contributed by atoms with Gasteiger partial charge in [-0.2, -0.15) is 0 Å². The van der Waals surface area contributed by atoms with Gasteiger partial charge in [-0.15, -0.1) is 0 Å². The maximum absolute atomic E-state index is 5.31. The van der Waals surface area contributed by atoms with Gasteiger partial charge < -0.3 is 15.0 Å². The van der Waals surface area contributed by atoms with Crippen molar-refractivity contribution in [2.45, 2.75) is 25.7 Å². The van der Waals surface area contributed by atoms with Gasteiger partial charge in [0, 0.05) is 51.6 Å². The second kappa shape index (κ2) is 8.56. The summed E-state index contributed by atoms with van der Waals surface area (Å²) in [6, 6.07) is 19.1. The quantitative estimate of drug-likeness (QED) is 0.423. The zero-order valence-electron chi connectivity index (χ0n) is 18.2. The smallest absolute Gasteiger partial charge is 0.118 e. The number of methoxy groups -OCH3 is 1. The molecule has 2 aromatic heterocycles. The van der Waals surface area contributed by atoms with Crippen LogP contribution >= 0.6 is 0 Å². The molecule has 2 N–H and O–H groups in total. The van der Waals surface area contributed by atoms with Crippen LogP contribution in [0, 0.1) is 5.92 Å². The van der Waals surface area contributed by atoms with Crippen molar-refractivity contribution in [2.75, 3.05) is 20.2 Å². The van der Waals surface area contributed by atoms with Gasteiger partial charge in [-0.3, -0.25) is 4.98 Å². The molecule has 4 aromatic rings. The Hall–Kier alpha value is -3.11. The van der Waals surface area contributed by atoms with E-state index >= 15 is 0 Å². The van der Waals surface area contributed by atoms with Crippen LogP contribution in [0.15, 0.2) is 67.0 Å². The SMILES string of the molecule is COc1ccc(-c2cncc(-c3c(C(C)C4CCCNC4)[nH]c4ccccc34)c2)cc1. The summed E-state index contributed by atoms with van der Waals surface area (Å²) < 4.78 is 5.31. The normalized spacial score (nSPS) is 17.5. The van der Waals surface area contributed by atoms with Crippen molar-refractivity contribution >= 4 is 10.9 Å². The average molecular weight is 412 g/mol. The molecule has 4 nitrogen and oxygen atoms in total. The zero-order valence-corrected chi connectivity index (χ0v) is 18.2. The third-order valence-corrected chi connectivity index (χ3v) is 6.68. The van der Waals surface area contributed by atoms with E-state index in [1.165, 1.54) is 35.0 Å². The van der Waals surface area contributed by atoms with Crippen LogP contribution in [0.3, 0.4) is 0 Å². The highest BCUT2D eigenvalue weighted by atomic mass is 16.5. The summed E-state index contributed by atoms with van der Waals surface area (Å²) in [4.78, 5) is 8.38. The molecule has 0 aliphatic carbocycles. The Morgan fingerprint density at radius 3 is 2.58 bits per heavy atom. The molecule has 3 heterocycles. The first-order valence-corrected chi connectivity index (χ1v) is 11.2. The topological polar surface area (TPSA) is 49.9 Å². The molecule has 1 fully saturated rings. The molecule has 0 amide bonds. The number of H-pyrrole nitrogens is 1. The monoisotopic (exact) mass is 411 g/mol. The lowest BCUT2D eigenvalue weighted by atomic mass is 9.83. The van der Waals surface area contributed by atoms with Gasteiger partial charge in [0.1, 0.15) is 5.75 Å².